The van der Waals surface area contributed by atoms with Crippen molar-refractivity contribution in [2.75, 3.05) is 12.0 Å². The van der Waals surface area contributed by atoms with Crippen LogP contribution in [0.2, 0.25) is 0 Å². The molecule has 35 heavy (non-hydrogen) atoms. The van der Waals surface area contributed by atoms with Crippen LogP contribution in [0.5, 0.6) is 5.75 Å². The minimum absolute atomic E-state index is 0.0606. The number of methoxy groups -OCH3 is 1. The number of nitrogens with zero attached hydrogens (tertiary/aromatic N) is 1. The van der Waals surface area contributed by atoms with Gasteiger partial charge in [0.15, 0.2) is 11.9 Å². The van der Waals surface area contributed by atoms with Gasteiger partial charge in [-0.15, -0.1) is 0 Å². The molecule has 1 fully saturated rings. The maximum absolute atomic E-state index is 13.7. The molecule has 174 valence electrons. The Kier molecular flexibility index (Phi) is 5.36. The number of hydrogen-bond acceptors (Lipinski definition) is 5. The summed E-state index contributed by atoms with van der Waals surface area (Å²) in [4.78, 5) is 15.8. The van der Waals surface area contributed by atoms with E-state index >= 15 is 0 Å². The number of carbonyl (C=O) groups excluding carboxylic acids is 1. The molecule has 0 spiro atoms. The lowest BCUT2D eigenvalue weighted by Crippen LogP contribution is -2.46. The molecular formula is C30H25NO4. The molecule has 2 aliphatic rings. The maximum Gasteiger partial charge on any atom is 0.282 e. The van der Waals surface area contributed by atoms with Gasteiger partial charge in [0.1, 0.15) is 12.4 Å². The predicted molar refractivity (Wildman–Crippen MR) is 133 cm³/mol. The number of anilines is 1. The third-order valence-electron chi connectivity index (χ3n) is 6.75. The van der Waals surface area contributed by atoms with E-state index in [1.807, 2.05) is 109 Å². The van der Waals surface area contributed by atoms with Gasteiger partial charge in [0.25, 0.3) is 5.91 Å². The Hall–Kier alpha value is -3.93. The number of Topliss-reactive ketones (excluding diaryl/α,β-unsaturated/α-hetero) is 1. The van der Waals surface area contributed by atoms with E-state index in [1.165, 1.54) is 0 Å². The number of rotatable bonds is 6. The number of benzene rings is 4. The number of carbonyl (C=O) groups is 1. The number of hydrogen-bond donors (Lipinski definition) is 0. The second-order valence-electron chi connectivity index (χ2n) is 8.70. The molecule has 2 aliphatic heterocycles. The van der Waals surface area contributed by atoms with Gasteiger partial charge in [-0.2, -0.15) is 0 Å². The number of ether oxygens (including phenoxy) is 3. The van der Waals surface area contributed by atoms with Gasteiger partial charge in [0.2, 0.25) is 0 Å². The number of ketones is 1. The van der Waals surface area contributed by atoms with E-state index in [2.05, 4.69) is 4.90 Å². The highest BCUT2D eigenvalue weighted by Gasteiger charge is 2.62. The standard InChI is InChI=1S/C30H25NO4/c1-33-30-25-18-10-8-16-23(25)28(32)29(35-30)27(31(30)22-14-6-3-7-15-22)24-17-9-11-19-26(24)34-20-21-12-4-2-5-13-21/h2-19,27,29H,20H2,1H3/t27-,29+,30+/m0/s1. The first-order chi connectivity index (χ1) is 17.2. The average molecular weight is 464 g/mol. The van der Waals surface area contributed by atoms with Crippen LogP contribution in [0.3, 0.4) is 0 Å². The van der Waals surface area contributed by atoms with Crippen molar-refractivity contribution in [3.8, 4) is 5.75 Å². The van der Waals surface area contributed by atoms with Crippen molar-refractivity contribution >= 4 is 11.5 Å². The minimum Gasteiger partial charge on any atom is -0.489 e. The molecule has 5 heteroatoms. The maximum atomic E-state index is 13.7. The summed E-state index contributed by atoms with van der Waals surface area (Å²) in [5, 5.41) is 0. The van der Waals surface area contributed by atoms with Crippen LogP contribution in [0, 0.1) is 0 Å². The molecule has 0 unspecified atom stereocenters. The second-order valence-corrected chi connectivity index (χ2v) is 8.70. The Balaban J connectivity index is 1.50. The molecule has 1 saturated heterocycles. The van der Waals surface area contributed by atoms with Crippen LogP contribution in [0.4, 0.5) is 5.69 Å². The van der Waals surface area contributed by atoms with Crippen molar-refractivity contribution in [3.05, 3.63) is 131 Å². The van der Waals surface area contributed by atoms with Crippen LogP contribution in [0.1, 0.15) is 33.1 Å². The van der Waals surface area contributed by atoms with Crippen molar-refractivity contribution in [1.82, 2.24) is 0 Å². The molecule has 6 rings (SSSR count). The van der Waals surface area contributed by atoms with Crippen molar-refractivity contribution in [2.45, 2.75) is 24.7 Å². The zero-order valence-corrected chi connectivity index (χ0v) is 19.3. The number of fused-ring (bicyclic) bond motifs is 4. The first-order valence-corrected chi connectivity index (χ1v) is 11.7. The fraction of sp³-hybridized carbons (Fsp3) is 0.167. The minimum atomic E-state index is -1.24. The third-order valence-corrected chi connectivity index (χ3v) is 6.75. The van der Waals surface area contributed by atoms with E-state index < -0.39 is 18.1 Å². The molecule has 0 N–H and O–H groups in total. The Bertz CT molecular complexity index is 1360. The summed E-state index contributed by atoms with van der Waals surface area (Å²) >= 11 is 0. The van der Waals surface area contributed by atoms with Gasteiger partial charge in [-0.05, 0) is 23.8 Å². The molecule has 4 aromatic rings. The van der Waals surface area contributed by atoms with Crippen LogP contribution in [0.25, 0.3) is 0 Å². The summed E-state index contributed by atoms with van der Waals surface area (Å²) in [6.07, 6.45) is -0.758. The molecule has 0 saturated carbocycles. The lowest BCUT2D eigenvalue weighted by Gasteiger charge is -2.40. The molecule has 2 heterocycles. The van der Waals surface area contributed by atoms with Crippen LogP contribution < -0.4 is 9.64 Å². The summed E-state index contributed by atoms with van der Waals surface area (Å²) in [6.45, 7) is 0.422. The highest BCUT2D eigenvalue weighted by atomic mass is 16.7. The summed E-state index contributed by atoms with van der Waals surface area (Å²) < 4.78 is 19.0. The quantitative estimate of drug-likeness (QED) is 0.358. The van der Waals surface area contributed by atoms with E-state index in [-0.39, 0.29) is 5.78 Å². The third kappa shape index (κ3) is 3.43. The molecule has 2 bridgehead atoms. The summed E-state index contributed by atoms with van der Waals surface area (Å²) in [6, 6.07) is 34.9. The van der Waals surface area contributed by atoms with Crippen LogP contribution >= 0.6 is 0 Å². The zero-order chi connectivity index (χ0) is 23.8. The lowest BCUT2D eigenvalue weighted by atomic mass is 9.92. The van der Waals surface area contributed by atoms with Gasteiger partial charge >= 0.3 is 0 Å². The predicted octanol–water partition coefficient (Wildman–Crippen LogP) is 5.87. The smallest absolute Gasteiger partial charge is 0.282 e. The van der Waals surface area contributed by atoms with Crippen molar-refractivity contribution in [2.24, 2.45) is 0 Å². The van der Waals surface area contributed by atoms with E-state index in [9.17, 15) is 4.79 Å². The first kappa shape index (κ1) is 21.6. The Morgan fingerprint density at radius 3 is 2.26 bits per heavy atom. The Labute approximate surface area is 204 Å². The molecule has 0 radical (unpaired) electrons. The second kappa shape index (κ2) is 8.69. The molecule has 0 aromatic heterocycles. The average Bonchev–Trinajstić information content (AvgIpc) is 3.25. The highest BCUT2D eigenvalue weighted by Crippen LogP contribution is 2.55. The molecule has 4 aromatic carbocycles. The van der Waals surface area contributed by atoms with E-state index in [1.54, 1.807) is 7.11 Å². The summed E-state index contributed by atoms with van der Waals surface area (Å²) in [5.41, 5.74) is 4.16. The first-order valence-electron chi connectivity index (χ1n) is 11.7. The molecule has 0 amide bonds. The van der Waals surface area contributed by atoms with E-state index in [4.69, 9.17) is 14.2 Å². The summed E-state index contributed by atoms with van der Waals surface area (Å²) in [7, 11) is 1.62. The highest BCUT2D eigenvalue weighted by molar-refractivity contribution is 6.04. The van der Waals surface area contributed by atoms with E-state index in [0.717, 1.165) is 16.8 Å². The SMILES string of the molecule is CO[C@@]12O[C@@H](C(=O)c3ccccc31)[C@H](c1ccccc1OCc1ccccc1)N2c1ccccc1. The Morgan fingerprint density at radius 2 is 1.49 bits per heavy atom. The van der Waals surface area contributed by atoms with Gasteiger partial charge in [0.05, 0.1) is 6.04 Å². The van der Waals surface area contributed by atoms with Crippen molar-refractivity contribution in [3.63, 3.8) is 0 Å². The van der Waals surface area contributed by atoms with Gasteiger partial charge in [-0.3, -0.25) is 4.79 Å². The fourth-order valence-electron chi connectivity index (χ4n) is 5.20. The molecule has 5 nitrogen and oxygen atoms in total. The van der Waals surface area contributed by atoms with Crippen LogP contribution in [0.15, 0.2) is 109 Å². The van der Waals surface area contributed by atoms with Crippen molar-refractivity contribution < 1.29 is 19.0 Å². The van der Waals surface area contributed by atoms with Gasteiger partial charge in [0, 0.05) is 29.5 Å². The largest absolute Gasteiger partial charge is 0.489 e. The van der Waals surface area contributed by atoms with Gasteiger partial charge < -0.3 is 19.1 Å². The monoisotopic (exact) mass is 463 g/mol. The van der Waals surface area contributed by atoms with Gasteiger partial charge in [-0.1, -0.05) is 91.0 Å². The van der Waals surface area contributed by atoms with E-state index in [0.29, 0.717) is 23.5 Å². The number of para-hydroxylation sites is 2. The normalized spacial score (nSPS) is 22.7. The van der Waals surface area contributed by atoms with Crippen LogP contribution in [-0.4, -0.2) is 19.0 Å². The summed E-state index contributed by atoms with van der Waals surface area (Å²) in [5.74, 6) is -0.593. The van der Waals surface area contributed by atoms with Crippen LogP contribution in [-0.2, 0) is 22.0 Å². The molecule has 3 atom stereocenters. The van der Waals surface area contributed by atoms with Gasteiger partial charge in [-0.25, -0.2) is 0 Å². The molecule has 0 aliphatic carbocycles. The zero-order valence-electron chi connectivity index (χ0n) is 19.3. The lowest BCUT2D eigenvalue weighted by molar-refractivity contribution is -0.215. The topological polar surface area (TPSA) is 48.0 Å². The molecular weight excluding hydrogens is 438 g/mol. The van der Waals surface area contributed by atoms with Crippen molar-refractivity contribution in [1.29, 1.82) is 0 Å². The fourth-order valence-corrected chi connectivity index (χ4v) is 5.20. The Morgan fingerprint density at radius 1 is 0.829 bits per heavy atom.